The summed E-state index contributed by atoms with van der Waals surface area (Å²) >= 11 is 1.79. The summed E-state index contributed by atoms with van der Waals surface area (Å²) < 4.78 is 6.91. The van der Waals surface area contributed by atoms with Gasteiger partial charge in [0.2, 0.25) is 0 Å². The summed E-state index contributed by atoms with van der Waals surface area (Å²) in [5, 5.41) is 1.13. The quantitative estimate of drug-likeness (QED) is 0.907. The normalized spacial score (nSPS) is 21.8. The van der Waals surface area contributed by atoms with Gasteiger partial charge in [0.25, 0.3) is 0 Å². The molecule has 1 saturated heterocycles. The van der Waals surface area contributed by atoms with E-state index in [-0.39, 0.29) is 0 Å². The predicted molar refractivity (Wildman–Crippen MR) is 74.1 cm³/mol. The summed E-state index contributed by atoms with van der Waals surface area (Å²) in [5.74, 6) is 0. The number of aryl methyl sites for hydroxylation is 2. The van der Waals surface area contributed by atoms with E-state index >= 15 is 0 Å². The number of fused-ring (bicyclic) bond motifs is 1. The van der Waals surface area contributed by atoms with Gasteiger partial charge in [0.1, 0.15) is 5.65 Å². The Labute approximate surface area is 111 Å². The summed E-state index contributed by atoms with van der Waals surface area (Å²) in [6.07, 6.45) is 0.344. The fourth-order valence-corrected chi connectivity index (χ4v) is 3.55. The highest BCUT2D eigenvalue weighted by atomic mass is 32.1. The second-order valence-corrected chi connectivity index (χ2v) is 6.26. The molecule has 1 unspecified atom stereocenters. The Balaban J connectivity index is 1.86. The number of aromatic nitrogens is 2. The van der Waals surface area contributed by atoms with E-state index in [0.29, 0.717) is 6.10 Å². The van der Waals surface area contributed by atoms with Crippen LogP contribution < -0.4 is 0 Å². The Morgan fingerprint density at radius 3 is 3.11 bits per heavy atom. The van der Waals surface area contributed by atoms with Gasteiger partial charge in [0.15, 0.2) is 0 Å². The van der Waals surface area contributed by atoms with Crippen LogP contribution in [-0.2, 0) is 11.3 Å². The van der Waals surface area contributed by atoms with Crippen molar-refractivity contribution in [2.24, 2.45) is 0 Å². The Morgan fingerprint density at radius 2 is 2.33 bits per heavy atom. The summed E-state index contributed by atoms with van der Waals surface area (Å²) in [4.78, 5) is 10.4. The van der Waals surface area contributed by atoms with Crippen LogP contribution in [-0.4, -0.2) is 40.7 Å². The number of aromatic amines is 1. The highest BCUT2D eigenvalue weighted by Gasteiger charge is 2.20. The molecule has 1 fully saturated rings. The molecular weight excluding hydrogens is 246 g/mol. The molecule has 0 saturated carbocycles. The molecule has 18 heavy (non-hydrogen) atoms. The zero-order chi connectivity index (χ0) is 12.7. The first-order chi connectivity index (χ1) is 8.63. The molecule has 0 radical (unpaired) electrons. The van der Waals surface area contributed by atoms with E-state index in [1.54, 1.807) is 11.3 Å². The van der Waals surface area contributed by atoms with Gasteiger partial charge in [-0.05, 0) is 20.8 Å². The van der Waals surface area contributed by atoms with E-state index in [0.717, 1.165) is 36.9 Å². The average molecular weight is 265 g/mol. The minimum absolute atomic E-state index is 0.344. The second-order valence-electron chi connectivity index (χ2n) is 5.06. The highest BCUT2D eigenvalue weighted by molar-refractivity contribution is 7.18. The van der Waals surface area contributed by atoms with E-state index in [4.69, 9.17) is 4.74 Å². The zero-order valence-electron chi connectivity index (χ0n) is 11.1. The molecule has 0 aliphatic carbocycles. The van der Waals surface area contributed by atoms with Crippen molar-refractivity contribution in [2.45, 2.75) is 33.4 Å². The first-order valence-corrected chi connectivity index (χ1v) is 7.23. The molecule has 0 aromatic carbocycles. The van der Waals surface area contributed by atoms with Crippen molar-refractivity contribution in [2.75, 3.05) is 19.7 Å². The third-order valence-corrected chi connectivity index (χ3v) is 4.50. The lowest BCUT2D eigenvalue weighted by Gasteiger charge is -2.31. The number of hydrogen-bond acceptors (Lipinski definition) is 4. The molecule has 0 amide bonds. The van der Waals surface area contributed by atoms with Crippen molar-refractivity contribution in [1.29, 1.82) is 0 Å². The number of rotatable bonds is 2. The second kappa shape index (κ2) is 4.64. The Hall–Kier alpha value is -0.910. The molecule has 3 rings (SSSR count). The number of hydrogen-bond donors (Lipinski definition) is 1. The lowest BCUT2D eigenvalue weighted by molar-refractivity contribution is -0.0211. The Morgan fingerprint density at radius 1 is 1.50 bits per heavy atom. The van der Waals surface area contributed by atoms with Crippen LogP contribution in [0.3, 0.4) is 0 Å². The molecule has 4 nitrogen and oxygen atoms in total. The largest absolute Gasteiger partial charge is 0.376 e. The van der Waals surface area contributed by atoms with Crippen molar-refractivity contribution < 1.29 is 4.74 Å². The van der Waals surface area contributed by atoms with E-state index in [2.05, 4.69) is 35.6 Å². The number of nitrogens with one attached hydrogen (secondary N) is 1. The smallest absolute Gasteiger partial charge is 0.149 e. The minimum Gasteiger partial charge on any atom is -0.376 e. The molecule has 3 heterocycles. The monoisotopic (exact) mass is 265 g/mol. The van der Waals surface area contributed by atoms with Gasteiger partial charge in [-0.1, -0.05) is 0 Å². The van der Waals surface area contributed by atoms with Gasteiger partial charge in [0, 0.05) is 30.9 Å². The lowest BCUT2D eigenvalue weighted by Crippen LogP contribution is -2.40. The van der Waals surface area contributed by atoms with E-state index < -0.39 is 0 Å². The van der Waals surface area contributed by atoms with Crippen molar-refractivity contribution >= 4 is 21.7 Å². The first-order valence-electron chi connectivity index (χ1n) is 6.42. The van der Waals surface area contributed by atoms with Crippen LogP contribution in [0.1, 0.15) is 23.2 Å². The van der Waals surface area contributed by atoms with Crippen molar-refractivity contribution in [3.8, 4) is 0 Å². The lowest BCUT2D eigenvalue weighted by atomic mass is 10.2. The van der Waals surface area contributed by atoms with Gasteiger partial charge < -0.3 is 9.72 Å². The molecule has 98 valence electrons. The van der Waals surface area contributed by atoms with Gasteiger partial charge in [0.05, 0.1) is 22.4 Å². The molecular formula is C13H19N3OS. The summed E-state index contributed by atoms with van der Waals surface area (Å²) in [5.41, 5.74) is 3.71. The molecule has 0 spiro atoms. The molecule has 2 aromatic heterocycles. The Kier molecular flexibility index (Phi) is 3.13. The zero-order valence-corrected chi connectivity index (χ0v) is 11.9. The Bertz CT molecular complexity index is 560. The first kappa shape index (κ1) is 12.1. The fraction of sp³-hybridized carbons (Fsp3) is 0.615. The van der Waals surface area contributed by atoms with Gasteiger partial charge >= 0.3 is 0 Å². The van der Waals surface area contributed by atoms with Crippen LogP contribution in [0.15, 0.2) is 0 Å². The minimum atomic E-state index is 0.344. The van der Waals surface area contributed by atoms with Crippen molar-refractivity contribution in [1.82, 2.24) is 14.9 Å². The van der Waals surface area contributed by atoms with Gasteiger partial charge in [-0.25, -0.2) is 4.98 Å². The van der Waals surface area contributed by atoms with Crippen molar-refractivity contribution in [3.05, 3.63) is 16.3 Å². The SMILES string of the molecule is Cc1nc2[nH]c(C)c(CN3CCOC(C)C3)c2s1. The number of nitrogens with zero attached hydrogens (tertiary/aromatic N) is 2. The summed E-state index contributed by atoms with van der Waals surface area (Å²) in [7, 11) is 0. The van der Waals surface area contributed by atoms with E-state index in [9.17, 15) is 0 Å². The highest BCUT2D eigenvalue weighted by Crippen LogP contribution is 2.29. The number of morpholine rings is 1. The maximum Gasteiger partial charge on any atom is 0.149 e. The standard InChI is InChI=1S/C13H19N3OS/c1-8-6-16(4-5-17-8)7-11-9(2)14-13-12(11)18-10(3)15-13/h8,14H,4-7H2,1-3H3. The van der Waals surface area contributed by atoms with Crippen LogP contribution in [0, 0.1) is 13.8 Å². The molecule has 1 N–H and O–H groups in total. The van der Waals surface area contributed by atoms with Gasteiger partial charge in [-0.3, -0.25) is 4.90 Å². The number of H-pyrrole nitrogens is 1. The van der Waals surface area contributed by atoms with E-state index in [1.165, 1.54) is 16.0 Å². The van der Waals surface area contributed by atoms with Crippen molar-refractivity contribution in [3.63, 3.8) is 0 Å². The van der Waals surface area contributed by atoms with E-state index in [1.807, 2.05) is 0 Å². The molecule has 2 aromatic rings. The number of ether oxygens (including phenoxy) is 1. The summed E-state index contributed by atoms with van der Waals surface area (Å²) in [6.45, 7) is 10.2. The molecule has 0 bridgehead atoms. The van der Waals surface area contributed by atoms with Crippen LogP contribution in [0.25, 0.3) is 10.3 Å². The van der Waals surface area contributed by atoms with Crippen LogP contribution >= 0.6 is 11.3 Å². The number of thiazole rings is 1. The third kappa shape index (κ3) is 2.18. The molecule has 1 atom stereocenters. The topological polar surface area (TPSA) is 41.2 Å². The molecule has 1 aliphatic heterocycles. The maximum absolute atomic E-state index is 5.59. The van der Waals surface area contributed by atoms with Crippen LogP contribution in [0.5, 0.6) is 0 Å². The summed E-state index contributed by atoms with van der Waals surface area (Å²) in [6, 6.07) is 0. The van der Waals surface area contributed by atoms with Gasteiger partial charge in [-0.15, -0.1) is 11.3 Å². The maximum atomic E-state index is 5.59. The fourth-order valence-electron chi connectivity index (χ4n) is 2.59. The third-order valence-electron chi connectivity index (χ3n) is 3.47. The van der Waals surface area contributed by atoms with Crippen LogP contribution in [0.4, 0.5) is 0 Å². The van der Waals surface area contributed by atoms with Gasteiger partial charge in [-0.2, -0.15) is 0 Å². The predicted octanol–water partition coefficient (Wildman–Crippen LogP) is 2.46. The average Bonchev–Trinajstić information content (AvgIpc) is 2.78. The van der Waals surface area contributed by atoms with Crippen LogP contribution in [0.2, 0.25) is 0 Å². The molecule has 5 heteroatoms. The molecule has 1 aliphatic rings.